The fourth-order valence-corrected chi connectivity index (χ4v) is 1.24. The molecule has 0 saturated heterocycles. The zero-order valence-electron chi connectivity index (χ0n) is 8.65. The lowest BCUT2D eigenvalue weighted by Crippen LogP contribution is -2.05. The van der Waals surface area contributed by atoms with Gasteiger partial charge in [0, 0.05) is 19.4 Å². The number of hydrogen-bond donors (Lipinski definition) is 1. The van der Waals surface area contributed by atoms with E-state index in [1.165, 1.54) is 5.56 Å². The first kappa shape index (κ1) is 11.2. The number of hydrogen-bond acceptors (Lipinski definition) is 3. The molecule has 0 aliphatic heterocycles. The van der Waals surface area contributed by atoms with Gasteiger partial charge in [0.25, 0.3) is 0 Å². The number of ether oxygens (including phenoxy) is 1. The molecule has 0 aromatic carbocycles. The molecule has 4 nitrogen and oxygen atoms in total. The third kappa shape index (κ3) is 3.89. The molecule has 0 radical (unpaired) electrons. The molecule has 1 N–H and O–H groups in total. The van der Waals surface area contributed by atoms with E-state index in [1.54, 1.807) is 0 Å². The highest BCUT2D eigenvalue weighted by Crippen LogP contribution is 2.01. The third-order valence-electron chi connectivity index (χ3n) is 1.98. The van der Waals surface area contributed by atoms with Gasteiger partial charge in [0.2, 0.25) is 0 Å². The van der Waals surface area contributed by atoms with Crippen molar-refractivity contribution in [1.29, 1.82) is 0 Å². The lowest BCUT2D eigenvalue weighted by molar-refractivity contribution is 0.136. The molecule has 0 aliphatic carbocycles. The molecule has 14 heavy (non-hydrogen) atoms. The molecular weight excluding hydrogens is 180 g/mol. The number of aliphatic hydroxyl groups is 1. The fraction of sp³-hybridized carbons (Fsp3) is 0.700. The zero-order valence-corrected chi connectivity index (χ0v) is 8.65. The maximum absolute atomic E-state index is 8.66. The number of aliphatic hydroxyl groups excluding tert-OH is 1. The monoisotopic (exact) mass is 198 g/mol. The largest absolute Gasteiger partial charge is 0.396 e. The Kier molecular flexibility index (Phi) is 5.25. The quantitative estimate of drug-likeness (QED) is 0.660. The predicted molar refractivity (Wildman–Crippen MR) is 54.1 cm³/mol. The molecule has 1 heterocycles. The smallest absolute Gasteiger partial charge is 0.0662 e. The minimum absolute atomic E-state index is 0.240. The number of aromatic nitrogens is 2. The van der Waals surface area contributed by atoms with Crippen molar-refractivity contribution in [2.45, 2.75) is 26.3 Å². The second kappa shape index (κ2) is 6.56. The molecule has 0 aliphatic rings. The molecule has 0 spiro atoms. The van der Waals surface area contributed by atoms with Crippen molar-refractivity contribution in [2.24, 2.45) is 0 Å². The summed E-state index contributed by atoms with van der Waals surface area (Å²) in [5.74, 6) is 0. The summed E-state index contributed by atoms with van der Waals surface area (Å²) in [6.07, 6.45) is 5.55. The van der Waals surface area contributed by atoms with Gasteiger partial charge in [0.1, 0.15) is 0 Å². The molecule has 0 atom stereocenters. The van der Waals surface area contributed by atoms with Gasteiger partial charge in [-0.25, -0.2) is 0 Å². The van der Waals surface area contributed by atoms with E-state index >= 15 is 0 Å². The molecule has 1 aromatic rings. The number of nitrogens with zero attached hydrogens (tertiary/aromatic N) is 2. The second-order valence-electron chi connectivity index (χ2n) is 3.14. The van der Waals surface area contributed by atoms with Crippen LogP contribution < -0.4 is 0 Å². The first-order valence-corrected chi connectivity index (χ1v) is 5.06. The van der Waals surface area contributed by atoms with Gasteiger partial charge in [0.05, 0.1) is 19.3 Å². The highest BCUT2D eigenvalue weighted by atomic mass is 16.5. The summed E-state index contributed by atoms with van der Waals surface area (Å²) in [4.78, 5) is 0. The summed E-state index contributed by atoms with van der Waals surface area (Å²) in [7, 11) is 0. The summed E-state index contributed by atoms with van der Waals surface area (Å²) in [5, 5.41) is 12.9. The highest BCUT2D eigenvalue weighted by molar-refractivity contribution is 5.03. The Balaban J connectivity index is 2.27. The van der Waals surface area contributed by atoms with E-state index in [4.69, 9.17) is 9.84 Å². The normalized spacial score (nSPS) is 10.7. The Labute approximate surface area is 84.5 Å². The van der Waals surface area contributed by atoms with Crippen LogP contribution in [0.1, 0.15) is 18.9 Å². The molecule has 1 aromatic heterocycles. The van der Waals surface area contributed by atoms with Gasteiger partial charge in [-0.2, -0.15) is 5.10 Å². The minimum Gasteiger partial charge on any atom is -0.396 e. The third-order valence-corrected chi connectivity index (χ3v) is 1.98. The standard InChI is InChI=1S/C10H18N2O2/c1-2-14-7-5-12-9-10(8-11-12)4-3-6-13/h8-9,13H,2-7H2,1H3. The van der Waals surface area contributed by atoms with E-state index in [2.05, 4.69) is 5.10 Å². The average molecular weight is 198 g/mol. The van der Waals surface area contributed by atoms with Crippen LogP contribution in [0.2, 0.25) is 0 Å². The summed E-state index contributed by atoms with van der Waals surface area (Å²) in [5.41, 5.74) is 1.18. The van der Waals surface area contributed by atoms with E-state index in [9.17, 15) is 0 Å². The van der Waals surface area contributed by atoms with Crippen molar-refractivity contribution in [3.63, 3.8) is 0 Å². The van der Waals surface area contributed by atoms with E-state index in [-0.39, 0.29) is 6.61 Å². The Morgan fingerprint density at radius 2 is 2.43 bits per heavy atom. The molecule has 0 bridgehead atoms. The van der Waals surface area contributed by atoms with Crippen molar-refractivity contribution >= 4 is 0 Å². The van der Waals surface area contributed by atoms with Gasteiger partial charge >= 0.3 is 0 Å². The molecule has 4 heteroatoms. The summed E-state index contributed by atoms with van der Waals surface area (Å²) in [6.45, 7) is 4.48. The van der Waals surface area contributed by atoms with Crippen molar-refractivity contribution in [3.05, 3.63) is 18.0 Å². The van der Waals surface area contributed by atoms with Crippen molar-refractivity contribution in [1.82, 2.24) is 9.78 Å². The van der Waals surface area contributed by atoms with Crippen LogP contribution in [0.15, 0.2) is 12.4 Å². The van der Waals surface area contributed by atoms with Gasteiger partial charge < -0.3 is 9.84 Å². The van der Waals surface area contributed by atoms with Crippen LogP contribution in [-0.2, 0) is 17.7 Å². The molecule has 0 unspecified atom stereocenters. The molecule has 80 valence electrons. The van der Waals surface area contributed by atoms with Crippen LogP contribution in [0.4, 0.5) is 0 Å². The SMILES string of the molecule is CCOCCn1cc(CCCO)cn1. The molecule has 0 amide bonds. The molecule has 0 saturated carbocycles. The Hall–Kier alpha value is -0.870. The summed E-state index contributed by atoms with van der Waals surface area (Å²) < 4.78 is 7.10. The van der Waals surface area contributed by atoms with Crippen molar-refractivity contribution < 1.29 is 9.84 Å². The van der Waals surface area contributed by atoms with Crippen LogP contribution in [0, 0.1) is 0 Å². The first-order chi connectivity index (χ1) is 6.86. The Morgan fingerprint density at radius 1 is 1.57 bits per heavy atom. The molecule has 1 rings (SSSR count). The van der Waals surface area contributed by atoms with Crippen LogP contribution in [-0.4, -0.2) is 34.7 Å². The van der Waals surface area contributed by atoms with Gasteiger partial charge in [-0.3, -0.25) is 4.68 Å². The lowest BCUT2D eigenvalue weighted by atomic mass is 10.2. The second-order valence-corrected chi connectivity index (χ2v) is 3.14. The lowest BCUT2D eigenvalue weighted by Gasteiger charge is -2.00. The topological polar surface area (TPSA) is 47.3 Å². The zero-order chi connectivity index (χ0) is 10.2. The van der Waals surface area contributed by atoms with Gasteiger partial charge in [0.15, 0.2) is 0 Å². The Bertz CT molecular complexity index is 248. The van der Waals surface area contributed by atoms with Crippen LogP contribution in [0.3, 0.4) is 0 Å². The first-order valence-electron chi connectivity index (χ1n) is 5.06. The predicted octanol–water partition coefficient (Wildman–Crippen LogP) is 0.845. The van der Waals surface area contributed by atoms with Crippen LogP contribution >= 0.6 is 0 Å². The maximum Gasteiger partial charge on any atom is 0.0662 e. The summed E-state index contributed by atoms with van der Waals surface area (Å²) in [6, 6.07) is 0. The molecule has 0 fully saturated rings. The maximum atomic E-state index is 8.66. The summed E-state index contributed by atoms with van der Waals surface area (Å²) >= 11 is 0. The fourth-order valence-electron chi connectivity index (χ4n) is 1.24. The van der Waals surface area contributed by atoms with E-state index in [0.29, 0.717) is 6.61 Å². The number of aryl methyl sites for hydroxylation is 1. The number of rotatable bonds is 7. The van der Waals surface area contributed by atoms with Crippen LogP contribution in [0.5, 0.6) is 0 Å². The van der Waals surface area contributed by atoms with E-state index < -0.39 is 0 Å². The highest BCUT2D eigenvalue weighted by Gasteiger charge is 1.97. The minimum atomic E-state index is 0.240. The van der Waals surface area contributed by atoms with Crippen LogP contribution in [0.25, 0.3) is 0 Å². The molecular formula is C10H18N2O2. The van der Waals surface area contributed by atoms with E-state index in [0.717, 1.165) is 26.0 Å². The van der Waals surface area contributed by atoms with Gasteiger partial charge in [-0.05, 0) is 25.3 Å². The van der Waals surface area contributed by atoms with Gasteiger partial charge in [-0.1, -0.05) is 0 Å². The Morgan fingerprint density at radius 3 is 3.14 bits per heavy atom. The van der Waals surface area contributed by atoms with Crippen molar-refractivity contribution in [2.75, 3.05) is 19.8 Å². The average Bonchev–Trinajstić information content (AvgIpc) is 2.63. The van der Waals surface area contributed by atoms with E-state index in [1.807, 2.05) is 24.0 Å². The van der Waals surface area contributed by atoms with Crippen molar-refractivity contribution in [3.8, 4) is 0 Å². The van der Waals surface area contributed by atoms with Gasteiger partial charge in [-0.15, -0.1) is 0 Å².